The molecule has 1 saturated carbocycles. The molecule has 1 heterocycles. The van der Waals surface area contributed by atoms with Gasteiger partial charge in [0.1, 0.15) is 5.60 Å². The Hall–Kier alpha value is -2.55. The monoisotopic (exact) mass is 623 g/mol. The van der Waals surface area contributed by atoms with Crippen LogP contribution in [0.25, 0.3) is 0 Å². The van der Waals surface area contributed by atoms with Crippen LogP contribution in [0.3, 0.4) is 0 Å². The van der Waals surface area contributed by atoms with Crippen molar-refractivity contribution in [2.45, 2.75) is 151 Å². The number of carbonyl (C=O) groups excluding carboxylic acids is 1. The molecule has 1 saturated heterocycles. The number of piperazine rings is 1. The van der Waals surface area contributed by atoms with Gasteiger partial charge in [-0.25, -0.2) is 4.79 Å². The average molecular weight is 623 g/mol. The molecule has 1 amide bonds. The van der Waals surface area contributed by atoms with E-state index in [0.717, 1.165) is 50.8 Å². The molecule has 1 aliphatic heterocycles. The highest BCUT2D eigenvalue weighted by Gasteiger charge is 2.34. The molecule has 2 unspecified atom stereocenters. The Kier molecular flexibility index (Phi) is 16.5. The van der Waals surface area contributed by atoms with Crippen molar-refractivity contribution in [1.29, 1.82) is 5.26 Å². The maximum atomic E-state index is 13.0. The molecule has 0 bridgehead atoms. The predicted octanol–water partition coefficient (Wildman–Crippen LogP) is 10.5. The molecule has 2 rings (SSSR count). The number of rotatable bonds is 15. The molecular formula is C39H66N4O2. The van der Waals surface area contributed by atoms with Gasteiger partial charge in [-0.05, 0) is 97.0 Å². The lowest BCUT2D eigenvalue weighted by atomic mass is 9.72. The second-order valence-electron chi connectivity index (χ2n) is 14.5. The van der Waals surface area contributed by atoms with Crippen LogP contribution in [0.5, 0.6) is 0 Å². The number of nitrogens with zero attached hydrogens (tertiary/aromatic N) is 4. The topological polar surface area (TPSA) is 68.9 Å². The number of nitriles is 1. The number of hydrogen-bond acceptors (Lipinski definition) is 5. The first-order valence-corrected chi connectivity index (χ1v) is 18.1. The molecule has 6 heteroatoms. The zero-order valence-electron chi connectivity index (χ0n) is 30.5. The third-order valence-corrected chi connectivity index (χ3v) is 10.1. The summed E-state index contributed by atoms with van der Waals surface area (Å²) in [6, 6.07) is 2.72. The van der Waals surface area contributed by atoms with Gasteiger partial charge in [0, 0.05) is 54.8 Å². The van der Waals surface area contributed by atoms with E-state index in [1.165, 1.54) is 55.4 Å². The summed E-state index contributed by atoms with van der Waals surface area (Å²) < 4.78 is 5.72. The lowest BCUT2D eigenvalue weighted by Crippen LogP contribution is -2.54. The molecule has 0 radical (unpaired) electrons. The van der Waals surface area contributed by atoms with Gasteiger partial charge in [-0.1, -0.05) is 78.4 Å². The summed E-state index contributed by atoms with van der Waals surface area (Å²) in [5, 5.41) is 9.73. The number of carbonyl (C=O) groups is 1. The van der Waals surface area contributed by atoms with Crippen LogP contribution in [0.4, 0.5) is 4.79 Å². The molecule has 1 aliphatic carbocycles. The van der Waals surface area contributed by atoms with E-state index in [9.17, 15) is 10.1 Å². The first kappa shape index (κ1) is 38.6. The van der Waals surface area contributed by atoms with E-state index in [4.69, 9.17) is 9.73 Å². The summed E-state index contributed by atoms with van der Waals surface area (Å²) in [6.07, 6.45) is 17.5. The van der Waals surface area contributed by atoms with Crippen LogP contribution in [-0.2, 0) is 4.74 Å². The van der Waals surface area contributed by atoms with E-state index in [1.807, 2.05) is 25.7 Å². The summed E-state index contributed by atoms with van der Waals surface area (Å²) in [5.41, 5.74) is 4.56. The quantitative estimate of drug-likeness (QED) is 0.103. The maximum absolute atomic E-state index is 13.0. The van der Waals surface area contributed by atoms with Crippen LogP contribution >= 0.6 is 0 Å². The lowest BCUT2D eigenvalue weighted by Gasteiger charge is -2.43. The van der Waals surface area contributed by atoms with Gasteiger partial charge in [0.25, 0.3) is 0 Å². The van der Waals surface area contributed by atoms with Crippen molar-refractivity contribution in [3.05, 3.63) is 35.7 Å². The van der Waals surface area contributed by atoms with Gasteiger partial charge in [0.15, 0.2) is 0 Å². The van der Waals surface area contributed by atoms with Crippen molar-refractivity contribution >= 4 is 11.8 Å². The smallest absolute Gasteiger partial charge is 0.410 e. The molecule has 6 nitrogen and oxygen atoms in total. The van der Waals surface area contributed by atoms with Gasteiger partial charge in [0.05, 0.1) is 6.07 Å². The zero-order valence-corrected chi connectivity index (χ0v) is 30.5. The molecule has 2 aliphatic rings. The Balaban J connectivity index is 2.54. The van der Waals surface area contributed by atoms with Crippen molar-refractivity contribution in [2.24, 2.45) is 28.7 Å². The van der Waals surface area contributed by atoms with Gasteiger partial charge in [-0.2, -0.15) is 5.26 Å². The van der Waals surface area contributed by atoms with E-state index < -0.39 is 5.60 Å². The fraction of sp³-hybridized carbons (Fsp3) is 0.769. The minimum Gasteiger partial charge on any atom is -0.444 e. The molecule has 0 aromatic rings. The fourth-order valence-corrected chi connectivity index (χ4v) is 7.65. The summed E-state index contributed by atoms with van der Waals surface area (Å²) in [4.78, 5) is 22.4. The summed E-state index contributed by atoms with van der Waals surface area (Å²) in [6.45, 7) is 25.5. The van der Waals surface area contributed by atoms with Crippen molar-refractivity contribution in [3.63, 3.8) is 0 Å². The molecule has 0 aromatic carbocycles. The van der Waals surface area contributed by atoms with Crippen LogP contribution in [-0.4, -0.2) is 52.9 Å². The normalized spacial score (nSPS) is 23.6. The summed E-state index contributed by atoms with van der Waals surface area (Å²) in [7, 11) is 0. The van der Waals surface area contributed by atoms with E-state index in [1.54, 1.807) is 6.20 Å². The van der Waals surface area contributed by atoms with Gasteiger partial charge in [0.2, 0.25) is 0 Å². The standard InChI is InChI=1S/C39H66N4O2/c1-11-16-17-18-21-32(12-2)35(14-4)37(30(7)43-24-23-42(28-29(43)6)38(44)45-39(8,9)10)36(41-15-5)26-33(13-3)34-22-19-20-31(25-34)27-40/h14-15,29,31-34H,5,11-13,16-26,28H2,1-4,6-10H3/b35-14-,37-30+,41-36?/t29-,31+,32?,33?,34-/m0/s1. The van der Waals surface area contributed by atoms with E-state index in [2.05, 4.69) is 65.2 Å². The Morgan fingerprint density at radius 3 is 2.42 bits per heavy atom. The number of amides is 1. The van der Waals surface area contributed by atoms with E-state index in [-0.39, 0.29) is 18.1 Å². The molecule has 45 heavy (non-hydrogen) atoms. The average Bonchev–Trinajstić information content (AvgIpc) is 3.01. The number of ether oxygens (including phenoxy) is 1. The highest BCUT2D eigenvalue weighted by molar-refractivity contribution is 6.05. The van der Waals surface area contributed by atoms with Crippen molar-refractivity contribution in [2.75, 3.05) is 19.6 Å². The lowest BCUT2D eigenvalue weighted by molar-refractivity contribution is 0.0101. The van der Waals surface area contributed by atoms with Crippen molar-refractivity contribution in [3.8, 4) is 6.07 Å². The largest absolute Gasteiger partial charge is 0.444 e. The van der Waals surface area contributed by atoms with Crippen LogP contribution < -0.4 is 0 Å². The van der Waals surface area contributed by atoms with Gasteiger partial charge in [-0.3, -0.25) is 4.99 Å². The third kappa shape index (κ3) is 11.6. The molecule has 0 spiro atoms. The minimum atomic E-state index is -0.509. The van der Waals surface area contributed by atoms with Crippen molar-refractivity contribution < 1.29 is 9.53 Å². The number of aliphatic imine (C=N–C) groups is 1. The molecule has 0 aromatic heterocycles. The third-order valence-electron chi connectivity index (χ3n) is 10.1. The molecule has 0 N–H and O–H groups in total. The van der Waals surface area contributed by atoms with Crippen LogP contribution in [0.2, 0.25) is 0 Å². The molecule has 5 atom stereocenters. The SMILES string of the molecule is C=CN=C(CC(CC)[C@H]1CCC[C@@H](C#N)C1)C(/C(=C\C)C(CC)CCCCCC)=C(\C)N1CCN(C(=O)OC(C)(C)C)C[C@@H]1C. The predicted molar refractivity (Wildman–Crippen MR) is 190 cm³/mol. The van der Waals surface area contributed by atoms with Crippen LogP contribution in [0.15, 0.2) is 40.7 Å². The van der Waals surface area contributed by atoms with E-state index in [0.29, 0.717) is 30.8 Å². The summed E-state index contributed by atoms with van der Waals surface area (Å²) >= 11 is 0. The Morgan fingerprint density at radius 2 is 1.87 bits per heavy atom. The van der Waals surface area contributed by atoms with Gasteiger partial charge in [-0.15, -0.1) is 0 Å². The van der Waals surface area contributed by atoms with Crippen LogP contribution in [0.1, 0.15) is 139 Å². The van der Waals surface area contributed by atoms with Gasteiger partial charge >= 0.3 is 6.09 Å². The van der Waals surface area contributed by atoms with Gasteiger partial charge < -0.3 is 14.5 Å². The minimum absolute atomic E-state index is 0.144. The highest BCUT2D eigenvalue weighted by atomic mass is 16.6. The molecular weight excluding hydrogens is 556 g/mol. The number of hydrogen-bond donors (Lipinski definition) is 0. The maximum Gasteiger partial charge on any atom is 0.410 e. The highest BCUT2D eigenvalue weighted by Crippen LogP contribution is 2.40. The Morgan fingerprint density at radius 1 is 1.13 bits per heavy atom. The summed E-state index contributed by atoms with van der Waals surface area (Å²) in [5.74, 6) is 1.66. The van der Waals surface area contributed by atoms with Crippen molar-refractivity contribution in [1.82, 2.24) is 9.80 Å². The zero-order chi connectivity index (χ0) is 33.6. The number of unbranched alkanes of at least 4 members (excludes halogenated alkanes) is 3. The van der Waals surface area contributed by atoms with Crippen LogP contribution in [0, 0.1) is 35.0 Å². The molecule has 2 fully saturated rings. The second kappa shape index (κ2) is 19.2. The van der Waals surface area contributed by atoms with E-state index >= 15 is 0 Å². The Labute approximate surface area is 277 Å². The second-order valence-corrected chi connectivity index (χ2v) is 14.5. The first-order valence-electron chi connectivity index (χ1n) is 18.1. The number of allylic oxidation sites excluding steroid dienone is 4. The fourth-order valence-electron chi connectivity index (χ4n) is 7.65. The first-order chi connectivity index (χ1) is 21.4. The molecule has 254 valence electrons. The Bertz CT molecular complexity index is 1080.